The Morgan fingerprint density at radius 3 is 2.08 bits per heavy atom. The molecular formula is C9H19O2SSn+. The molecule has 0 fully saturated rings. The molecule has 0 bridgehead atoms. The molecule has 0 unspecified atom stereocenters. The first-order valence-corrected chi connectivity index (χ1v) is 13.3. The van der Waals surface area contributed by atoms with E-state index < -0.39 is 19.8 Å². The monoisotopic (exact) mass is 311 g/mol. The minimum absolute atomic E-state index is 0.132. The Hall–Kier alpha value is 0.359. The Morgan fingerprint density at radius 1 is 1.46 bits per heavy atom. The van der Waals surface area contributed by atoms with Gasteiger partial charge in [-0.2, -0.15) is 12.6 Å². The zero-order valence-corrected chi connectivity index (χ0v) is 12.6. The molecule has 0 aromatic heterocycles. The fourth-order valence-corrected chi connectivity index (χ4v) is 0.341. The molecule has 2 nitrogen and oxygen atoms in total. The van der Waals surface area contributed by atoms with Crippen molar-refractivity contribution in [1.29, 1.82) is 0 Å². The van der Waals surface area contributed by atoms with Crippen LogP contribution in [0, 0.1) is 0 Å². The average molecular weight is 310 g/mol. The number of ether oxygens (including phenoxy) is 1. The normalized spacial score (nSPS) is 8.08. The summed E-state index contributed by atoms with van der Waals surface area (Å²) in [7, 11) is 0. The van der Waals surface area contributed by atoms with Gasteiger partial charge in [0, 0.05) is 0 Å². The molecule has 4 heteroatoms. The van der Waals surface area contributed by atoms with Crippen LogP contribution in [0.15, 0.2) is 12.2 Å². The molecule has 0 heterocycles. The first-order chi connectivity index (χ1) is 5.90. The number of hydrogen-bond donors (Lipinski definition) is 1. The molecule has 0 aromatic carbocycles. The van der Waals surface area contributed by atoms with Crippen molar-refractivity contribution in [3.63, 3.8) is 0 Å². The third kappa shape index (κ3) is 24.5. The summed E-state index contributed by atoms with van der Waals surface area (Å²) in [4.78, 5) is 17.5. The Morgan fingerprint density at radius 2 is 1.85 bits per heavy atom. The Labute approximate surface area is 93.9 Å². The van der Waals surface area contributed by atoms with E-state index in [-0.39, 0.29) is 11.7 Å². The Bertz CT molecular complexity index is 155. The molecule has 0 rings (SSSR count). The van der Waals surface area contributed by atoms with Crippen molar-refractivity contribution in [3.8, 4) is 0 Å². The molecule has 0 saturated heterocycles. The van der Waals surface area contributed by atoms with Crippen LogP contribution in [0.1, 0.15) is 6.92 Å². The predicted octanol–water partition coefficient (Wildman–Crippen LogP) is 2.41. The van der Waals surface area contributed by atoms with Gasteiger partial charge >= 0.3 is 40.5 Å². The van der Waals surface area contributed by atoms with Gasteiger partial charge in [0.15, 0.2) is 0 Å². The van der Waals surface area contributed by atoms with Gasteiger partial charge in [-0.15, -0.1) is 0 Å². The van der Waals surface area contributed by atoms with E-state index in [2.05, 4.69) is 38.8 Å². The number of thiol groups is 1. The van der Waals surface area contributed by atoms with Crippen molar-refractivity contribution in [1.82, 2.24) is 0 Å². The third-order valence-corrected chi connectivity index (χ3v) is 0.867. The molecule has 0 amide bonds. The first kappa shape index (κ1) is 15.8. The summed E-state index contributed by atoms with van der Waals surface area (Å²) in [6.07, 6.45) is 0. The van der Waals surface area contributed by atoms with Crippen LogP contribution in [0.4, 0.5) is 0 Å². The van der Waals surface area contributed by atoms with Gasteiger partial charge in [-0.1, -0.05) is 6.58 Å². The average Bonchev–Trinajstić information content (AvgIpc) is 1.99. The summed E-state index contributed by atoms with van der Waals surface area (Å²) >= 11 is 3.17. The SMILES string of the molecule is C=C(C)COC(=O)CS.[CH3][Sn+]([CH3])[CH3]. The zero-order valence-electron chi connectivity index (χ0n) is 8.89. The number of carbonyl (C=O) groups is 1. The van der Waals surface area contributed by atoms with Crippen LogP contribution in [-0.4, -0.2) is 38.1 Å². The van der Waals surface area contributed by atoms with Crippen LogP contribution < -0.4 is 0 Å². The third-order valence-electron chi connectivity index (χ3n) is 0.609. The van der Waals surface area contributed by atoms with E-state index in [9.17, 15) is 4.79 Å². The number of rotatable bonds is 3. The molecule has 0 aromatic rings. The standard InChI is InChI=1S/C6H10O2S.3CH3.Sn/c1-5(2)3-8-6(7)4-9;;;;/h9H,1,3-4H2,2H3;3*1H3;/q;;;;+1. The molecule has 0 aliphatic carbocycles. The van der Waals surface area contributed by atoms with Gasteiger partial charge in [-0.3, -0.25) is 4.79 Å². The van der Waals surface area contributed by atoms with Crippen molar-refractivity contribution in [2.45, 2.75) is 21.7 Å². The van der Waals surface area contributed by atoms with E-state index in [4.69, 9.17) is 0 Å². The zero-order chi connectivity index (χ0) is 10.9. The van der Waals surface area contributed by atoms with E-state index in [1.165, 1.54) is 0 Å². The Balaban J connectivity index is 0. The van der Waals surface area contributed by atoms with E-state index in [0.717, 1.165) is 5.57 Å². The molecule has 0 aliphatic heterocycles. The molecule has 0 saturated carbocycles. The van der Waals surface area contributed by atoms with Crippen molar-refractivity contribution in [2.75, 3.05) is 12.4 Å². The predicted molar refractivity (Wildman–Crippen MR) is 63.0 cm³/mol. The number of esters is 1. The molecule has 0 radical (unpaired) electrons. The van der Waals surface area contributed by atoms with Gasteiger partial charge in [0.05, 0.1) is 5.75 Å². The summed E-state index contributed by atoms with van der Waals surface area (Å²) in [5, 5.41) is 0. The van der Waals surface area contributed by atoms with Crippen LogP contribution >= 0.6 is 12.6 Å². The first-order valence-electron chi connectivity index (χ1n) is 4.07. The van der Waals surface area contributed by atoms with Gasteiger partial charge in [0.25, 0.3) is 0 Å². The second-order valence-electron chi connectivity index (χ2n) is 3.28. The maximum atomic E-state index is 10.4. The molecule has 0 N–H and O–H groups in total. The van der Waals surface area contributed by atoms with Crippen LogP contribution in [0.2, 0.25) is 14.8 Å². The summed E-state index contributed by atoms with van der Waals surface area (Å²) in [6, 6.07) is 0. The fraction of sp³-hybridized carbons (Fsp3) is 0.667. The topological polar surface area (TPSA) is 26.3 Å². The fourth-order valence-electron chi connectivity index (χ4n) is 0.249. The molecule has 0 atom stereocenters. The second kappa shape index (κ2) is 10.4. The van der Waals surface area contributed by atoms with Gasteiger partial charge in [0.1, 0.15) is 6.61 Å². The van der Waals surface area contributed by atoms with E-state index in [1.54, 1.807) is 6.92 Å². The number of carbonyl (C=O) groups excluding carboxylic acids is 1. The van der Waals surface area contributed by atoms with Crippen molar-refractivity contribution >= 4 is 38.4 Å². The summed E-state index contributed by atoms with van der Waals surface area (Å²) in [5.74, 6) is -0.172. The van der Waals surface area contributed by atoms with E-state index >= 15 is 0 Å². The molecular weight excluding hydrogens is 291 g/mol. The Kier molecular flexibility index (Phi) is 12.7. The second-order valence-corrected chi connectivity index (χ2v) is 12.2. The van der Waals surface area contributed by atoms with Crippen LogP contribution in [0.5, 0.6) is 0 Å². The minimum atomic E-state index is -0.543. The van der Waals surface area contributed by atoms with Crippen molar-refractivity contribution in [2.24, 2.45) is 0 Å². The van der Waals surface area contributed by atoms with Crippen molar-refractivity contribution in [3.05, 3.63) is 12.2 Å². The molecule has 76 valence electrons. The van der Waals surface area contributed by atoms with Crippen LogP contribution in [-0.2, 0) is 9.53 Å². The quantitative estimate of drug-likeness (QED) is 0.375. The van der Waals surface area contributed by atoms with Gasteiger partial charge in [0.2, 0.25) is 0 Å². The van der Waals surface area contributed by atoms with Gasteiger partial charge in [-0.25, -0.2) is 0 Å². The van der Waals surface area contributed by atoms with Gasteiger partial charge < -0.3 is 4.74 Å². The molecule has 0 aliphatic rings. The maximum absolute atomic E-state index is 10.4. The summed E-state index contributed by atoms with van der Waals surface area (Å²) in [5.41, 5.74) is 0.838. The van der Waals surface area contributed by atoms with Crippen LogP contribution in [0.3, 0.4) is 0 Å². The summed E-state index contributed by atoms with van der Waals surface area (Å²) in [6.45, 7) is 5.66. The van der Waals surface area contributed by atoms with E-state index in [1.807, 2.05) is 0 Å². The van der Waals surface area contributed by atoms with Gasteiger partial charge in [-0.05, 0) is 12.5 Å². The number of hydrogen-bond acceptors (Lipinski definition) is 3. The van der Waals surface area contributed by atoms with Crippen LogP contribution in [0.25, 0.3) is 0 Å². The summed E-state index contributed by atoms with van der Waals surface area (Å²) < 4.78 is 4.64. The van der Waals surface area contributed by atoms with E-state index in [0.29, 0.717) is 6.61 Å². The molecule has 0 spiro atoms. The van der Waals surface area contributed by atoms with Crippen molar-refractivity contribution < 1.29 is 9.53 Å². The molecule has 13 heavy (non-hydrogen) atoms.